The third-order valence-electron chi connectivity index (χ3n) is 2.33. The molecule has 0 radical (unpaired) electrons. The van der Waals surface area contributed by atoms with Gasteiger partial charge in [-0.3, -0.25) is 5.84 Å². The van der Waals surface area contributed by atoms with Crippen LogP contribution >= 0.6 is 22.9 Å². The zero-order chi connectivity index (χ0) is 11.3. The van der Waals surface area contributed by atoms with E-state index >= 15 is 0 Å². The van der Waals surface area contributed by atoms with Crippen LogP contribution in [0.3, 0.4) is 0 Å². The molecule has 1 aromatic rings. The van der Waals surface area contributed by atoms with E-state index < -0.39 is 0 Å². The lowest BCUT2D eigenvalue weighted by molar-refractivity contribution is 0.0617. The van der Waals surface area contributed by atoms with E-state index in [0.29, 0.717) is 0 Å². The molecule has 0 amide bonds. The molecule has 0 aliphatic carbocycles. The number of hydrogen-bond donors (Lipinski definition) is 2. The Morgan fingerprint density at radius 1 is 1.60 bits per heavy atom. The zero-order valence-electron chi connectivity index (χ0n) is 9.00. The van der Waals surface area contributed by atoms with Crippen LogP contribution in [0.1, 0.15) is 30.7 Å². The molecule has 0 saturated carbocycles. The number of hydrazine groups is 1. The van der Waals surface area contributed by atoms with Crippen LogP contribution in [0.15, 0.2) is 12.1 Å². The van der Waals surface area contributed by atoms with Crippen molar-refractivity contribution in [1.29, 1.82) is 0 Å². The third kappa shape index (κ3) is 3.43. The second-order valence-electron chi connectivity index (χ2n) is 3.35. The maximum atomic E-state index is 5.90. The predicted octanol–water partition coefficient (Wildman–Crippen LogP) is 2.72. The van der Waals surface area contributed by atoms with Gasteiger partial charge in [0.15, 0.2) is 0 Å². The lowest BCUT2D eigenvalue weighted by atomic mass is 10.1. The van der Waals surface area contributed by atoms with Crippen LogP contribution in [0.2, 0.25) is 4.34 Å². The first-order valence-electron chi connectivity index (χ1n) is 4.97. The number of ether oxygens (including phenoxy) is 1. The van der Waals surface area contributed by atoms with Gasteiger partial charge in [0.25, 0.3) is 0 Å². The monoisotopic (exact) mass is 248 g/mol. The molecule has 2 unspecified atom stereocenters. The van der Waals surface area contributed by atoms with Crippen LogP contribution in [-0.2, 0) is 4.74 Å². The van der Waals surface area contributed by atoms with E-state index in [4.69, 9.17) is 22.2 Å². The summed E-state index contributed by atoms with van der Waals surface area (Å²) in [7, 11) is 1.71. The first-order valence-corrected chi connectivity index (χ1v) is 6.16. The van der Waals surface area contributed by atoms with Crippen LogP contribution < -0.4 is 11.3 Å². The number of rotatable bonds is 6. The molecule has 86 valence electrons. The van der Waals surface area contributed by atoms with Crippen LogP contribution in [0.4, 0.5) is 0 Å². The Morgan fingerprint density at radius 2 is 2.33 bits per heavy atom. The summed E-state index contributed by atoms with van der Waals surface area (Å²) in [5.41, 5.74) is 2.79. The van der Waals surface area contributed by atoms with Gasteiger partial charge in [0.2, 0.25) is 0 Å². The van der Waals surface area contributed by atoms with Gasteiger partial charge in [-0.2, -0.15) is 0 Å². The van der Waals surface area contributed by atoms with Crippen molar-refractivity contribution < 1.29 is 4.74 Å². The average molecular weight is 249 g/mol. The lowest BCUT2D eigenvalue weighted by Crippen LogP contribution is -2.37. The molecule has 0 aliphatic heterocycles. The molecule has 0 spiro atoms. The number of thiophene rings is 1. The number of nitrogens with two attached hydrogens (primary N) is 1. The SMILES string of the molecule is CCCC(OC)C(NN)c1ccc(Cl)s1. The van der Waals surface area contributed by atoms with E-state index in [1.165, 1.54) is 11.3 Å². The maximum Gasteiger partial charge on any atom is 0.0931 e. The Morgan fingerprint density at radius 3 is 2.73 bits per heavy atom. The van der Waals surface area contributed by atoms with Crippen molar-refractivity contribution in [3.05, 3.63) is 21.3 Å². The minimum Gasteiger partial charge on any atom is -0.379 e. The van der Waals surface area contributed by atoms with E-state index in [1.807, 2.05) is 12.1 Å². The fourth-order valence-corrected chi connectivity index (χ4v) is 2.75. The smallest absolute Gasteiger partial charge is 0.0931 e. The zero-order valence-corrected chi connectivity index (χ0v) is 10.6. The molecule has 3 nitrogen and oxygen atoms in total. The summed E-state index contributed by atoms with van der Waals surface area (Å²) >= 11 is 7.43. The summed E-state index contributed by atoms with van der Waals surface area (Å²) < 4.78 is 6.20. The normalized spacial score (nSPS) is 15.2. The van der Waals surface area contributed by atoms with Gasteiger partial charge in [0, 0.05) is 12.0 Å². The van der Waals surface area contributed by atoms with Gasteiger partial charge >= 0.3 is 0 Å². The Kier molecular flexibility index (Phi) is 5.56. The fraction of sp³-hybridized carbons (Fsp3) is 0.600. The van der Waals surface area contributed by atoms with Crippen molar-refractivity contribution in [2.45, 2.75) is 31.9 Å². The lowest BCUT2D eigenvalue weighted by Gasteiger charge is -2.24. The molecule has 3 N–H and O–H groups in total. The largest absolute Gasteiger partial charge is 0.379 e. The second-order valence-corrected chi connectivity index (χ2v) is 5.10. The Labute approximate surface area is 99.5 Å². The number of halogens is 1. The number of nitrogens with one attached hydrogen (secondary N) is 1. The van der Waals surface area contributed by atoms with E-state index in [1.54, 1.807) is 7.11 Å². The van der Waals surface area contributed by atoms with Gasteiger partial charge in [-0.15, -0.1) is 11.3 Å². The molecule has 0 saturated heterocycles. The summed E-state index contributed by atoms with van der Waals surface area (Å²) in [5.74, 6) is 5.55. The summed E-state index contributed by atoms with van der Waals surface area (Å²) in [6, 6.07) is 3.89. The van der Waals surface area contributed by atoms with Gasteiger partial charge in [-0.05, 0) is 18.6 Å². The summed E-state index contributed by atoms with van der Waals surface area (Å²) in [6.07, 6.45) is 2.13. The van der Waals surface area contributed by atoms with Gasteiger partial charge in [-0.1, -0.05) is 24.9 Å². The van der Waals surface area contributed by atoms with Crippen molar-refractivity contribution >= 4 is 22.9 Å². The highest BCUT2D eigenvalue weighted by atomic mass is 35.5. The first-order chi connectivity index (χ1) is 7.22. The maximum absolute atomic E-state index is 5.90. The molecule has 0 fully saturated rings. The van der Waals surface area contributed by atoms with Gasteiger partial charge in [-0.25, -0.2) is 5.43 Å². The van der Waals surface area contributed by atoms with E-state index in [2.05, 4.69) is 12.3 Å². The summed E-state index contributed by atoms with van der Waals surface area (Å²) in [6.45, 7) is 2.13. The minimum absolute atomic E-state index is 0.0208. The summed E-state index contributed by atoms with van der Waals surface area (Å²) in [4.78, 5) is 1.11. The average Bonchev–Trinajstić information content (AvgIpc) is 2.64. The number of methoxy groups -OCH3 is 1. The molecular formula is C10H17ClN2OS. The van der Waals surface area contributed by atoms with Crippen LogP contribution in [0.5, 0.6) is 0 Å². The molecule has 15 heavy (non-hydrogen) atoms. The standard InChI is InChI=1S/C10H17ClN2OS/c1-3-4-7(14-2)10(13-12)8-5-6-9(11)15-8/h5-7,10,13H,3-4,12H2,1-2H3. The molecular weight excluding hydrogens is 232 g/mol. The Bertz CT molecular complexity index is 293. The number of hydrogen-bond acceptors (Lipinski definition) is 4. The van der Waals surface area contributed by atoms with Gasteiger partial charge < -0.3 is 4.74 Å². The molecule has 1 aromatic heterocycles. The molecule has 0 aromatic carbocycles. The van der Waals surface area contributed by atoms with Crippen LogP contribution in [0, 0.1) is 0 Å². The quantitative estimate of drug-likeness (QED) is 0.601. The molecule has 5 heteroatoms. The topological polar surface area (TPSA) is 47.3 Å². The molecule has 0 aliphatic rings. The first kappa shape index (κ1) is 12.9. The summed E-state index contributed by atoms with van der Waals surface area (Å²) in [5, 5.41) is 0. The van der Waals surface area contributed by atoms with Crippen molar-refractivity contribution in [1.82, 2.24) is 5.43 Å². The van der Waals surface area contributed by atoms with Crippen molar-refractivity contribution in [2.24, 2.45) is 5.84 Å². The van der Waals surface area contributed by atoms with E-state index in [0.717, 1.165) is 22.1 Å². The molecule has 0 bridgehead atoms. The molecule has 1 rings (SSSR count). The highest BCUT2D eigenvalue weighted by Crippen LogP contribution is 2.30. The van der Waals surface area contributed by atoms with Gasteiger partial charge in [0.1, 0.15) is 0 Å². The predicted molar refractivity (Wildman–Crippen MR) is 65.1 cm³/mol. The fourth-order valence-electron chi connectivity index (χ4n) is 1.57. The molecule has 1 heterocycles. The Balaban J connectivity index is 2.76. The Hall–Kier alpha value is -0.130. The van der Waals surface area contributed by atoms with Gasteiger partial charge in [0.05, 0.1) is 16.5 Å². The van der Waals surface area contributed by atoms with Crippen LogP contribution in [0.25, 0.3) is 0 Å². The highest BCUT2D eigenvalue weighted by molar-refractivity contribution is 7.16. The van der Waals surface area contributed by atoms with E-state index in [9.17, 15) is 0 Å². The van der Waals surface area contributed by atoms with Crippen molar-refractivity contribution in [3.8, 4) is 0 Å². The second kappa shape index (κ2) is 6.45. The van der Waals surface area contributed by atoms with Crippen molar-refractivity contribution in [2.75, 3.05) is 7.11 Å². The van der Waals surface area contributed by atoms with Crippen LogP contribution in [-0.4, -0.2) is 13.2 Å². The molecule has 2 atom stereocenters. The van der Waals surface area contributed by atoms with Crippen molar-refractivity contribution in [3.63, 3.8) is 0 Å². The highest BCUT2D eigenvalue weighted by Gasteiger charge is 2.22. The van der Waals surface area contributed by atoms with E-state index in [-0.39, 0.29) is 12.1 Å². The third-order valence-corrected chi connectivity index (χ3v) is 3.64. The minimum atomic E-state index is 0.0208.